The van der Waals surface area contributed by atoms with Crippen molar-refractivity contribution in [3.05, 3.63) is 53.1 Å². The molecular formula is C24H30BFN2O4. The van der Waals surface area contributed by atoms with Crippen molar-refractivity contribution < 1.29 is 26.0 Å². The highest BCUT2D eigenvalue weighted by molar-refractivity contribution is 6.62. The van der Waals surface area contributed by atoms with Crippen LogP contribution in [0.15, 0.2) is 30.5 Å². The normalized spacial score (nSPS) is 21.6. The molecule has 6 nitrogen and oxygen atoms in total. The van der Waals surface area contributed by atoms with Crippen molar-refractivity contribution in [3.63, 3.8) is 0 Å². The van der Waals surface area contributed by atoms with E-state index in [1.54, 1.807) is 12.1 Å². The Morgan fingerprint density at radius 2 is 1.97 bits per heavy atom. The molecule has 0 radical (unpaired) electrons. The zero-order valence-electron chi connectivity index (χ0n) is 21.4. The molecule has 4 rings (SSSR count). The number of nitrogens with zero attached hydrogens (tertiary/aromatic N) is 2. The van der Waals surface area contributed by atoms with Crippen LogP contribution < -0.4 is 10.2 Å². The van der Waals surface area contributed by atoms with Gasteiger partial charge in [-0.05, 0) is 63.3 Å². The lowest BCUT2D eigenvalue weighted by Crippen LogP contribution is -2.41. The van der Waals surface area contributed by atoms with Crippen molar-refractivity contribution >= 4 is 18.5 Å². The summed E-state index contributed by atoms with van der Waals surface area (Å²) in [5.41, 5.74) is -0.443. The quantitative estimate of drug-likeness (QED) is 0.639. The summed E-state index contributed by atoms with van der Waals surface area (Å²) in [6, 6.07) is 6.07. The number of amides is 1. The van der Waals surface area contributed by atoms with Crippen LogP contribution >= 0.6 is 0 Å². The number of pyridine rings is 1. The van der Waals surface area contributed by atoms with Gasteiger partial charge in [0.05, 0.1) is 44.8 Å². The predicted octanol–water partition coefficient (Wildman–Crippen LogP) is 3.71. The Hall–Kier alpha value is -2.45. The number of carbonyl (C=O) groups excluding carboxylic acids is 1. The van der Waals surface area contributed by atoms with Crippen molar-refractivity contribution in [2.75, 3.05) is 6.61 Å². The SMILES string of the molecule is [2H]C1([2H])c2ncccc2C(=O)N1Cc1c(F)cc(B2OC(C)(C)C(C)(C)O2)cc1OCC(C)C. The molecule has 1 aromatic heterocycles. The van der Waals surface area contributed by atoms with Crippen LogP contribution in [0.4, 0.5) is 4.39 Å². The van der Waals surface area contributed by atoms with Gasteiger partial charge in [-0.15, -0.1) is 0 Å². The number of hydrogen-bond donors (Lipinski definition) is 0. The highest BCUT2D eigenvalue weighted by Crippen LogP contribution is 2.37. The molecule has 2 aliphatic heterocycles. The Kier molecular flexibility index (Phi) is 5.14. The topological polar surface area (TPSA) is 60.9 Å². The van der Waals surface area contributed by atoms with E-state index in [2.05, 4.69) is 4.98 Å². The molecule has 170 valence electrons. The number of carbonyl (C=O) groups is 1. The molecule has 0 saturated carbocycles. The smallest absolute Gasteiger partial charge is 0.493 e. The van der Waals surface area contributed by atoms with E-state index in [1.165, 1.54) is 18.3 Å². The van der Waals surface area contributed by atoms with Crippen LogP contribution in [0.25, 0.3) is 0 Å². The molecule has 1 saturated heterocycles. The number of benzene rings is 1. The van der Waals surface area contributed by atoms with Crippen LogP contribution in [0.5, 0.6) is 5.75 Å². The van der Waals surface area contributed by atoms with E-state index < -0.39 is 36.5 Å². The number of rotatable bonds is 6. The summed E-state index contributed by atoms with van der Waals surface area (Å²) in [6.07, 6.45) is 1.44. The van der Waals surface area contributed by atoms with E-state index in [0.717, 1.165) is 4.90 Å². The molecule has 2 aliphatic rings. The van der Waals surface area contributed by atoms with Gasteiger partial charge < -0.3 is 18.9 Å². The monoisotopic (exact) mass is 442 g/mol. The van der Waals surface area contributed by atoms with Crippen molar-refractivity contribution in [1.82, 2.24) is 9.88 Å². The summed E-state index contributed by atoms with van der Waals surface area (Å²) in [5, 5.41) is 0. The third-order valence-corrected chi connectivity index (χ3v) is 6.11. The van der Waals surface area contributed by atoms with Crippen molar-refractivity contribution in [3.8, 4) is 5.75 Å². The zero-order valence-corrected chi connectivity index (χ0v) is 19.4. The van der Waals surface area contributed by atoms with Crippen LogP contribution in [0, 0.1) is 11.7 Å². The summed E-state index contributed by atoms with van der Waals surface area (Å²) in [4.78, 5) is 18.0. The zero-order chi connectivity index (χ0) is 25.1. The third kappa shape index (κ3) is 4.13. The Morgan fingerprint density at radius 1 is 1.28 bits per heavy atom. The highest BCUT2D eigenvalue weighted by atomic mass is 19.1. The maximum atomic E-state index is 15.6. The maximum Gasteiger partial charge on any atom is 0.495 e. The minimum Gasteiger partial charge on any atom is -0.493 e. The molecule has 0 bridgehead atoms. The molecule has 0 N–H and O–H groups in total. The molecule has 0 aliphatic carbocycles. The Bertz CT molecular complexity index is 1110. The fourth-order valence-corrected chi connectivity index (χ4v) is 3.55. The van der Waals surface area contributed by atoms with E-state index in [-0.39, 0.29) is 35.0 Å². The first-order chi connectivity index (χ1) is 15.7. The van der Waals surface area contributed by atoms with E-state index >= 15 is 4.39 Å². The predicted molar refractivity (Wildman–Crippen MR) is 120 cm³/mol. The first kappa shape index (κ1) is 20.2. The highest BCUT2D eigenvalue weighted by Gasteiger charge is 2.52. The number of halogens is 1. The van der Waals surface area contributed by atoms with E-state index in [4.69, 9.17) is 16.8 Å². The van der Waals surface area contributed by atoms with Gasteiger partial charge in [0.1, 0.15) is 11.6 Å². The van der Waals surface area contributed by atoms with Crippen molar-refractivity contribution in [2.45, 2.75) is 65.8 Å². The number of ether oxygens (including phenoxy) is 1. The average Bonchev–Trinajstić information content (AvgIpc) is 3.08. The molecule has 1 fully saturated rings. The van der Waals surface area contributed by atoms with Crippen molar-refractivity contribution in [1.29, 1.82) is 0 Å². The fraction of sp³-hybridized carbons (Fsp3) is 0.500. The standard InChI is InChI=1S/C24H30BFN2O4/c1-15(2)14-30-21-11-16(25-31-23(3,4)24(5,6)32-25)10-19(26)18(21)12-28-13-20-17(22(28)29)8-7-9-27-20/h7-11,15H,12-14H2,1-6H3/i13D2. The summed E-state index contributed by atoms with van der Waals surface area (Å²) in [7, 11) is -0.789. The largest absolute Gasteiger partial charge is 0.495 e. The second-order valence-corrected chi connectivity index (χ2v) is 9.68. The van der Waals surface area contributed by atoms with Crippen LogP contribution in [0.1, 0.15) is 65.9 Å². The first-order valence-corrected chi connectivity index (χ1v) is 10.8. The number of aromatic nitrogens is 1. The van der Waals surface area contributed by atoms with Crippen LogP contribution in [-0.2, 0) is 22.4 Å². The van der Waals surface area contributed by atoms with Gasteiger partial charge in [0.25, 0.3) is 5.91 Å². The fourth-order valence-electron chi connectivity index (χ4n) is 3.55. The van der Waals surface area contributed by atoms with Crippen LogP contribution in [-0.4, -0.2) is 40.7 Å². The van der Waals surface area contributed by atoms with Gasteiger partial charge in [-0.25, -0.2) is 4.39 Å². The van der Waals surface area contributed by atoms with E-state index in [9.17, 15) is 4.79 Å². The van der Waals surface area contributed by atoms with Gasteiger partial charge >= 0.3 is 7.12 Å². The molecule has 32 heavy (non-hydrogen) atoms. The second kappa shape index (κ2) is 8.16. The van der Waals surface area contributed by atoms with Gasteiger partial charge in [-0.3, -0.25) is 9.78 Å². The van der Waals surface area contributed by atoms with Gasteiger partial charge in [0.2, 0.25) is 0 Å². The minimum atomic E-state index is -2.18. The molecule has 3 heterocycles. The first-order valence-electron chi connectivity index (χ1n) is 11.8. The van der Waals surface area contributed by atoms with Gasteiger partial charge in [-0.1, -0.05) is 13.8 Å². The lowest BCUT2D eigenvalue weighted by molar-refractivity contribution is 0.00578. The van der Waals surface area contributed by atoms with E-state index in [0.29, 0.717) is 12.1 Å². The summed E-state index contributed by atoms with van der Waals surface area (Å²) < 4.78 is 50.6. The second-order valence-electron chi connectivity index (χ2n) is 9.68. The summed E-state index contributed by atoms with van der Waals surface area (Å²) in [6.45, 7) is 9.44. The van der Waals surface area contributed by atoms with E-state index in [1.807, 2.05) is 41.5 Å². The van der Waals surface area contributed by atoms with Crippen LogP contribution in [0.3, 0.4) is 0 Å². The third-order valence-electron chi connectivity index (χ3n) is 6.11. The molecule has 8 heteroatoms. The summed E-state index contributed by atoms with van der Waals surface area (Å²) in [5.74, 6) is -0.772. The maximum absolute atomic E-state index is 15.6. The summed E-state index contributed by atoms with van der Waals surface area (Å²) >= 11 is 0. The molecule has 0 atom stereocenters. The molecular weight excluding hydrogens is 410 g/mol. The Labute approximate surface area is 192 Å². The average molecular weight is 442 g/mol. The molecule has 0 spiro atoms. The Morgan fingerprint density at radius 3 is 2.59 bits per heavy atom. The molecule has 1 aromatic carbocycles. The molecule has 2 aromatic rings. The molecule has 1 amide bonds. The van der Waals surface area contributed by atoms with Gasteiger partial charge in [-0.2, -0.15) is 0 Å². The van der Waals surface area contributed by atoms with Gasteiger partial charge in [0, 0.05) is 11.8 Å². The Balaban J connectivity index is 1.71. The molecule has 0 unspecified atom stereocenters. The minimum absolute atomic E-state index is 0.0268. The lowest BCUT2D eigenvalue weighted by Gasteiger charge is -2.32. The van der Waals surface area contributed by atoms with Crippen molar-refractivity contribution in [2.24, 2.45) is 5.92 Å². The number of hydrogen-bond acceptors (Lipinski definition) is 5. The van der Waals surface area contributed by atoms with Gasteiger partial charge in [0.15, 0.2) is 0 Å². The number of fused-ring (bicyclic) bond motifs is 1. The lowest BCUT2D eigenvalue weighted by atomic mass is 9.78. The van der Waals surface area contributed by atoms with Crippen LogP contribution in [0.2, 0.25) is 0 Å².